The topological polar surface area (TPSA) is 21.3 Å². The van der Waals surface area contributed by atoms with Gasteiger partial charge in [-0.15, -0.1) is 0 Å². The van der Waals surface area contributed by atoms with E-state index in [0.717, 1.165) is 24.3 Å². The maximum Gasteiger partial charge on any atom is 0.121 e. The van der Waals surface area contributed by atoms with Crippen molar-refractivity contribution < 1.29 is 4.74 Å². The van der Waals surface area contributed by atoms with Gasteiger partial charge in [0, 0.05) is 17.8 Å². The minimum absolute atomic E-state index is 0.495. The fraction of sp³-hybridized carbons (Fsp3) is 0.294. The molecule has 0 unspecified atom stereocenters. The van der Waals surface area contributed by atoms with E-state index in [9.17, 15) is 0 Å². The number of anilines is 1. The zero-order chi connectivity index (χ0) is 13.1. The molecule has 1 aliphatic carbocycles. The van der Waals surface area contributed by atoms with E-state index in [0.29, 0.717) is 12.6 Å². The van der Waals surface area contributed by atoms with Crippen LogP contribution >= 0.6 is 0 Å². The summed E-state index contributed by atoms with van der Waals surface area (Å²) in [7, 11) is 0. The second kappa shape index (κ2) is 5.35. The summed E-state index contributed by atoms with van der Waals surface area (Å²) in [4.78, 5) is 0. The summed E-state index contributed by atoms with van der Waals surface area (Å²) in [5, 5.41) is 3.61. The van der Waals surface area contributed by atoms with Crippen LogP contribution in [0.15, 0.2) is 48.5 Å². The Morgan fingerprint density at radius 1 is 1.05 bits per heavy atom. The van der Waals surface area contributed by atoms with Gasteiger partial charge in [0.05, 0.1) is 6.61 Å². The predicted molar refractivity (Wildman–Crippen MR) is 78.9 cm³/mol. The second-order valence-corrected chi connectivity index (χ2v) is 4.98. The van der Waals surface area contributed by atoms with Gasteiger partial charge in [0.25, 0.3) is 0 Å². The number of hydrogen-bond donors (Lipinski definition) is 1. The SMILES string of the molecule is CCOc1cccc(NC2Cc3ccccc3C2)c1. The van der Waals surface area contributed by atoms with Crippen molar-refractivity contribution >= 4 is 5.69 Å². The number of rotatable bonds is 4. The van der Waals surface area contributed by atoms with Gasteiger partial charge in [-0.3, -0.25) is 0 Å². The number of fused-ring (bicyclic) bond motifs is 1. The van der Waals surface area contributed by atoms with E-state index in [-0.39, 0.29) is 0 Å². The second-order valence-electron chi connectivity index (χ2n) is 4.98. The molecule has 0 bridgehead atoms. The molecule has 2 aromatic rings. The van der Waals surface area contributed by atoms with Gasteiger partial charge in [-0.1, -0.05) is 30.3 Å². The Morgan fingerprint density at radius 3 is 2.47 bits per heavy atom. The maximum absolute atomic E-state index is 5.53. The van der Waals surface area contributed by atoms with Crippen LogP contribution < -0.4 is 10.1 Å². The lowest BCUT2D eigenvalue weighted by atomic mass is 10.1. The van der Waals surface area contributed by atoms with Crippen LogP contribution in [0.4, 0.5) is 5.69 Å². The standard InChI is InChI=1S/C17H19NO/c1-2-19-17-9-5-8-15(12-17)18-16-10-13-6-3-4-7-14(13)11-16/h3-9,12,16,18H,2,10-11H2,1H3. The van der Waals surface area contributed by atoms with Crippen molar-refractivity contribution in [3.63, 3.8) is 0 Å². The summed E-state index contributed by atoms with van der Waals surface area (Å²) < 4.78 is 5.53. The van der Waals surface area contributed by atoms with E-state index >= 15 is 0 Å². The molecule has 1 N–H and O–H groups in total. The summed E-state index contributed by atoms with van der Waals surface area (Å²) in [6.45, 7) is 2.71. The lowest BCUT2D eigenvalue weighted by molar-refractivity contribution is 0.340. The van der Waals surface area contributed by atoms with Gasteiger partial charge < -0.3 is 10.1 Å². The number of benzene rings is 2. The van der Waals surface area contributed by atoms with Gasteiger partial charge >= 0.3 is 0 Å². The Bertz CT molecular complexity index is 540. The zero-order valence-electron chi connectivity index (χ0n) is 11.2. The van der Waals surface area contributed by atoms with Gasteiger partial charge in [-0.25, -0.2) is 0 Å². The van der Waals surface area contributed by atoms with Crippen molar-refractivity contribution in [2.75, 3.05) is 11.9 Å². The highest BCUT2D eigenvalue weighted by atomic mass is 16.5. The first-order chi connectivity index (χ1) is 9.35. The molecule has 0 fully saturated rings. The van der Waals surface area contributed by atoms with Crippen LogP contribution in [-0.2, 0) is 12.8 Å². The number of ether oxygens (including phenoxy) is 1. The number of nitrogens with one attached hydrogen (secondary N) is 1. The first kappa shape index (κ1) is 12.1. The minimum Gasteiger partial charge on any atom is -0.494 e. The van der Waals surface area contributed by atoms with E-state index in [1.165, 1.54) is 11.1 Å². The molecular formula is C17H19NO. The summed E-state index contributed by atoms with van der Waals surface area (Å²) in [5.41, 5.74) is 4.09. The highest BCUT2D eigenvalue weighted by Crippen LogP contribution is 2.25. The summed E-state index contributed by atoms with van der Waals surface area (Å²) in [5.74, 6) is 0.933. The fourth-order valence-electron chi connectivity index (χ4n) is 2.74. The van der Waals surface area contributed by atoms with E-state index in [4.69, 9.17) is 4.74 Å². The minimum atomic E-state index is 0.495. The Labute approximate surface area is 114 Å². The van der Waals surface area contributed by atoms with Crippen molar-refractivity contribution in [2.45, 2.75) is 25.8 Å². The van der Waals surface area contributed by atoms with Crippen LogP contribution in [-0.4, -0.2) is 12.6 Å². The quantitative estimate of drug-likeness (QED) is 0.897. The van der Waals surface area contributed by atoms with E-state index < -0.39 is 0 Å². The van der Waals surface area contributed by atoms with E-state index in [2.05, 4.69) is 41.7 Å². The molecule has 0 aliphatic heterocycles. The summed E-state index contributed by atoms with van der Waals surface area (Å²) in [6, 6.07) is 17.4. The third-order valence-corrected chi connectivity index (χ3v) is 3.57. The molecule has 2 aromatic carbocycles. The van der Waals surface area contributed by atoms with Crippen LogP contribution in [0.25, 0.3) is 0 Å². The Morgan fingerprint density at radius 2 is 1.79 bits per heavy atom. The summed E-state index contributed by atoms with van der Waals surface area (Å²) in [6.07, 6.45) is 2.21. The molecule has 19 heavy (non-hydrogen) atoms. The first-order valence-corrected chi connectivity index (χ1v) is 6.91. The average molecular weight is 253 g/mol. The number of hydrogen-bond acceptors (Lipinski definition) is 2. The molecule has 0 atom stereocenters. The van der Waals surface area contributed by atoms with Gasteiger partial charge in [-0.05, 0) is 43.0 Å². The smallest absolute Gasteiger partial charge is 0.121 e. The van der Waals surface area contributed by atoms with Gasteiger partial charge in [0.15, 0.2) is 0 Å². The molecule has 0 amide bonds. The molecule has 3 rings (SSSR count). The monoisotopic (exact) mass is 253 g/mol. The van der Waals surface area contributed by atoms with E-state index in [1.807, 2.05) is 19.1 Å². The Kier molecular flexibility index (Phi) is 3.41. The molecule has 98 valence electrons. The predicted octanol–water partition coefficient (Wildman–Crippen LogP) is 3.66. The van der Waals surface area contributed by atoms with Crippen LogP contribution in [0.3, 0.4) is 0 Å². The van der Waals surface area contributed by atoms with E-state index in [1.54, 1.807) is 0 Å². The zero-order valence-corrected chi connectivity index (χ0v) is 11.2. The molecule has 1 aliphatic rings. The molecule has 0 spiro atoms. The fourth-order valence-corrected chi connectivity index (χ4v) is 2.74. The van der Waals surface area contributed by atoms with Crippen molar-refractivity contribution in [1.82, 2.24) is 0 Å². The third kappa shape index (κ3) is 2.73. The van der Waals surface area contributed by atoms with Crippen molar-refractivity contribution in [3.05, 3.63) is 59.7 Å². The molecule has 2 nitrogen and oxygen atoms in total. The normalized spacial score (nSPS) is 14.2. The molecule has 0 radical (unpaired) electrons. The lowest BCUT2D eigenvalue weighted by Crippen LogP contribution is -2.19. The summed E-state index contributed by atoms with van der Waals surface area (Å²) >= 11 is 0. The molecule has 0 saturated heterocycles. The van der Waals surface area contributed by atoms with Crippen molar-refractivity contribution in [1.29, 1.82) is 0 Å². The molecular weight excluding hydrogens is 234 g/mol. The van der Waals surface area contributed by atoms with Crippen LogP contribution in [0.1, 0.15) is 18.1 Å². The average Bonchev–Trinajstić information content (AvgIpc) is 2.81. The first-order valence-electron chi connectivity index (χ1n) is 6.91. The Balaban J connectivity index is 1.69. The van der Waals surface area contributed by atoms with Gasteiger partial charge in [-0.2, -0.15) is 0 Å². The highest BCUT2D eigenvalue weighted by molar-refractivity contribution is 5.50. The van der Waals surface area contributed by atoms with Crippen LogP contribution in [0.2, 0.25) is 0 Å². The lowest BCUT2D eigenvalue weighted by Gasteiger charge is -2.14. The van der Waals surface area contributed by atoms with Gasteiger partial charge in [0.1, 0.15) is 5.75 Å². The molecule has 0 aromatic heterocycles. The van der Waals surface area contributed by atoms with Crippen LogP contribution in [0.5, 0.6) is 5.75 Å². The molecule has 2 heteroatoms. The largest absolute Gasteiger partial charge is 0.494 e. The molecule has 0 saturated carbocycles. The molecule has 0 heterocycles. The van der Waals surface area contributed by atoms with Crippen molar-refractivity contribution in [3.8, 4) is 5.75 Å². The van der Waals surface area contributed by atoms with Crippen LogP contribution in [0, 0.1) is 0 Å². The Hall–Kier alpha value is -1.96. The van der Waals surface area contributed by atoms with Gasteiger partial charge in [0.2, 0.25) is 0 Å². The third-order valence-electron chi connectivity index (χ3n) is 3.57. The highest BCUT2D eigenvalue weighted by Gasteiger charge is 2.20. The maximum atomic E-state index is 5.53. The van der Waals surface area contributed by atoms with Crippen molar-refractivity contribution in [2.24, 2.45) is 0 Å².